The monoisotopic (exact) mass is 350 g/mol. The van der Waals surface area contributed by atoms with E-state index in [-0.39, 0.29) is 0 Å². The van der Waals surface area contributed by atoms with E-state index in [9.17, 15) is 0 Å². The molecule has 1 aliphatic heterocycles. The van der Waals surface area contributed by atoms with E-state index in [1.54, 1.807) is 14.2 Å². The van der Waals surface area contributed by atoms with Crippen molar-refractivity contribution in [3.05, 3.63) is 23.8 Å². The first-order valence-corrected chi connectivity index (χ1v) is 8.77. The number of nitrogens with one attached hydrogen (secondary N) is 1. The van der Waals surface area contributed by atoms with Crippen molar-refractivity contribution in [3.63, 3.8) is 0 Å². The van der Waals surface area contributed by atoms with Crippen LogP contribution in [0.4, 0.5) is 0 Å². The van der Waals surface area contributed by atoms with Crippen molar-refractivity contribution in [2.45, 2.75) is 19.4 Å². The highest BCUT2D eigenvalue weighted by Crippen LogP contribution is 2.27. The van der Waals surface area contributed by atoms with Gasteiger partial charge in [0.15, 0.2) is 17.5 Å². The Morgan fingerprint density at radius 2 is 1.96 bits per heavy atom. The molecule has 0 atom stereocenters. The van der Waals surface area contributed by atoms with Gasteiger partial charge in [-0.2, -0.15) is 0 Å². The summed E-state index contributed by atoms with van der Waals surface area (Å²) in [5.41, 5.74) is 6.95. The Hall–Kier alpha value is -1.99. The Labute approximate surface area is 150 Å². The molecule has 1 aliphatic rings. The van der Waals surface area contributed by atoms with Crippen LogP contribution in [0.1, 0.15) is 18.4 Å². The maximum atomic E-state index is 5.93. The zero-order chi connectivity index (χ0) is 17.9. The van der Waals surface area contributed by atoms with Gasteiger partial charge in [-0.1, -0.05) is 6.07 Å². The van der Waals surface area contributed by atoms with E-state index >= 15 is 0 Å². The van der Waals surface area contributed by atoms with Crippen LogP contribution in [0.3, 0.4) is 0 Å². The van der Waals surface area contributed by atoms with E-state index in [2.05, 4.69) is 15.2 Å². The molecule has 0 aromatic heterocycles. The van der Waals surface area contributed by atoms with Crippen molar-refractivity contribution in [3.8, 4) is 11.5 Å². The van der Waals surface area contributed by atoms with Gasteiger partial charge in [-0.3, -0.25) is 4.90 Å². The lowest BCUT2D eigenvalue weighted by atomic mass is 10.2. The number of hydrogen-bond donors (Lipinski definition) is 2. The summed E-state index contributed by atoms with van der Waals surface area (Å²) in [5.74, 6) is 1.88. The topological polar surface area (TPSA) is 81.3 Å². The maximum absolute atomic E-state index is 5.93. The van der Waals surface area contributed by atoms with Gasteiger partial charge >= 0.3 is 0 Å². The van der Waals surface area contributed by atoms with E-state index in [1.807, 2.05) is 18.2 Å². The Bertz CT molecular complexity index is 545. The molecule has 1 aromatic carbocycles. The van der Waals surface area contributed by atoms with E-state index < -0.39 is 0 Å². The molecule has 0 spiro atoms. The van der Waals surface area contributed by atoms with Crippen LogP contribution < -0.4 is 20.5 Å². The number of aliphatic imine (C=N–C) groups is 1. The fraction of sp³-hybridized carbons (Fsp3) is 0.611. The minimum absolute atomic E-state index is 0.473. The third-order valence-electron chi connectivity index (χ3n) is 4.19. The number of morpholine rings is 1. The van der Waals surface area contributed by atoms with E-state index in [4.69, 9.17) is 19.9 Å². The molecule has 3 N–H and O–H groups in total. The van der Waals surface area contributed by atoms with Crippen LogP contribution in [0.5, 0.6) is 11.5 Å². The maximum Gasteiger partial charge on any atom is 0.188 e. The van der Waals surface area contributed by atoms with Gasteiger partial charge in [0.05, 0.1) is 34.0 Å². The molecule has 140 valence electrons. The lowest BCUT2D eigenvalue weighted by Gasteiger charge is -2.26. The Morgan fingerprint density at radius 1 is 1.20 bits per heavy atom. The third-order valence-corrected chi connectivity index (χ3v) is 4.19. The summed E-state index contributed by atoms with van der Waals surface area (Å²) in [6, 6.07) is 5.75. The predicted molar refractivity (Wildman–Crippen MR) is 99.4 cm³/mol. The third kappa shape index (κ3) is 6.80. The molecule has 7 heteroatoms. The Balaban J connectivity index is 1.65. The average molecular weight is 350 g/mol. The first-order valence-electron chi connectivity index (χ1n) is 8.77. The number of guanidine groups is 1. The molecule has 0 bridgehead atoms. The normalized spacial score (nSPS) is 15.8. The lowest BCUT2D eigenvalue weighted by molar-refractivity contribution is 0.0372. The number of nitrogens with zero attached hydrogens (tertiary/aromatic N) is 2. The number of hydrogen-bond acceptors (Lipinski definition) is 5. The van der Waals surface area contributed by atoms with E-state index in [1.165, 1.54) is 0 Å². The lowest BCUT2D eigenvalue weighted by Crippen LogP contribution is -2.37. The molecule has 7 nitrogen and oxygen atoms in total. The molecule has 1 aromatic rings. The van der Waals surface area contributed by atoms with Crippen molar-refractivity contribution < 1.29 is 14.2 Å². The Morgan fingerprint density at radius 3 is 2.68 bits per heavy atom. The van der Waals surface area contributed by atoms with Gasteiger partial charge in [0.2, 0.25) is 0 Å². The summed E-state index contributed by atoms with van der Waals surface area (Å²) in [7, 11) is 3.24. The number of ether oxygens (including phenoxy) is 3. The van der Waals surface area contributed by atoms with Crippen molar-refractivity contribution in [2.24, 2.45) is 10.7 Å². The van der Waals surface area contributed by atoms with E-state index in [0.717, 1.165) is 57.8 Å². The van der Waals surface area contributed by atoms with Crippen LogP contribution in [-0.2, 0) is 11.3 Å². The highest BCUT2D eigenvalue weighted by molar-refractivity contribution is 5.77. The summed E-state index contributed by atoms with van der Waals surface area (Å²) in [6.45, 7) is 6.26. The van der Waals surface area contributed by atoms with Crippen molar-refractivity contribution in [2.75, 3.05) is 53.6 Å². The van der Waals surface area contributed by atoms with Gasteiger partial charge in [-0.25, -0.2) is 4.99 Å². The first kappa shape index (κ1) is 19.3. The molecule has 1 heterocycles. The van der Waals surface area contributed by atoms with E-state index in [0.29, 0.717) is 24.0 Å². The first-order chi connectivity index (χ1) is 12.2. The highest BCUT2D eigenvalue weighted by atomic mass is 16.5. The molecular formula is C18H30N4O3. The number of methoxy groups -OCH3 is 2. The largest absolute Gasteiger partial charge is 0.493 e. The minimum atomic E-state index is 0.473. The standard InChI is InChI=1S/C18H30N4O3/c1-23-16-6-5-15(13-17(16)24-2)14-21-18(19)20-7-3-4-8-22-9-11-25-12-10-22/h5-6,13H,3-4,7-12,14H2,1-2H3,(H3,19,20,21). The van der Waals surface area contributed by atoms with Gasteiger partial charge in [-0.05, 0) is 37.1 Å². The fourth-order valence-electron chi connectivity index (χ4n) is 2.71. The zero-order valence-electron chi connectivity index (χ0n) is 15.3. The van der Waals surface area contributed by atoms with Gasteiger partial charge in [0.1, 0.15) is 0 Å². The van der Waals surface area contributed by atoms with Crippen LogP contribution >= 0.6 is 0 Å². The number of unbranched alkanes of at least 4 members (excludes halogenated alkanes) is 1. The summed E-state index contributed by atoms with van der Waals surface area (Å²) in [6.07, 6.45) is 2.22. The second-order valence-corrected chi connectivity index (χ2v) is 5.98. The quantitative estimate of drug-likeness (QED) is 0.396. The van der Waals surface area contributed by atoms with Crippen molar-refractivity contribution >= 4 is 5.96 Å². The smallest absolute Gasteiger partial charge is 0.188 e. The van der Waals surface area contributed by atoms with Gasteiger partial charge in [0, 0.05) is 19.6 Å². The van der Waals surface area contributed by atoms with Crippen LogP contribution in [0.2, 0.25) is 0 Å². The molecular weight excluding hydrogens is 320 g/mol. The van der Waals surface area contributed by atoms with Gasteiger partial charge in [0.25, 0.3) is 0 Å². The van der Waals surface area contributed by atoms with Gasteiger partial charge < -0.3 is 25.3 Å². The molecule has 1 saturated heterocycles. The van der Waals surface area contributed by atoms with Gasteiger partial charge in [-0.15, -0.1) is 0 Å². The van der Waals surface area contributed by atoms with Crippen molar-refractivity contribution in [1.82, 2.24) is 10.2 Å². The molecule has 1 fully saturated rings. The predicted octanol–water partition coefficient (Wildman–Crippen LogP) is 1.22. The van der Waals surface area contributed by atoms with Crippen LogP contribution in [0, 0.1) is 0 Å². The summed E-state index contributed by atoms with van der Waals surface area (Å²) in [5, 5.41) is 3.17. The molecule has 0 saturated carbocycles. The number of rotatable bonds is 9. The summed E-state index contributed by atoms with van der Waals surface area (Å²) in [4.78, 5) is 6.82. The molecule has 0 amide bonds. The average Bonchev–Trinajstić information content (AvgIpc) is 2.66. The fourth-order valence-corrected chi connectivity index (χ4v) is 2.71. The number of benzene rings is 1. The molecule has 2 rings (SSSR count). The molecule has 0 aliphatic carbocycles. The summed E-state index contributed by atoms with van der Waals surface area (Å²) >= 11 is 0. The second kappa shape index (κ2) is 10.8. The minimum Gasteiger partial charge on any atom is -0.493 e. The van der Waals surface area contributed by atoms with Crippen LogP contribution in [0.25, 0.3) is 0 Å². The Kier molecular flexibility index (Phi) is 8.34. The molecule has 0 unspecified atom stereocenters. The second-order valence-electron chi connectivity index (χ2n) is 5.98. The van der Waals surface area contributed by atoms with Crippen molar-refractivity contribution in [1.29, 1.82) is 0 Å². The zero-order valence-corrected chi connectivity index (χ0v) is 15.3. The molecule has 25 heavy (non-hydrogen) atoms. The number of nitrogens with two attached hydrogens (primary N) is 1. The van der Waals surface area contributed by atoms with Crippen LogP contribution in [0.15, 0.2) is 23.2 Å². The summed E-state index contributed by atoms with van der Waals surface area (Å²) < 4.78 is 15.9. The SMILES string of the molecule is COc1ccc(CN=C(N)NCCCCN2CCOCC2)cc1OC. The molecule has 0 radical (unpaired) electrons. The highest BCUT2D eigenvalue weighted by Gasteiger charge is 2.09. The van der Waals surface area contributed by atoms with Crippen LogP contribution in [-0.4, -0.2) is 64.5 Å².